The number of hydrogen-bond donors (Lipinski definition) is 3. The molecule has 0 aromatic heterocycles. The second kappa shape index (κ2) is 28.6. The second-order valence-electron chi connectivity index (χ2n) is 15.9. The lowest BCUT2D eigenvalue weighted by Crippen LogP contribution is -2.55. The monoisotopic (exact) mass is 862 g/mol. The van der Waals surface area contributed by atoms with Crippen LogP contribution in [0.2, 0.25) is 0 Å². The number of rotatable bonds is 29. The standard InChI is InChI=1S/C45H75N5O11/c1-12-31(5)40(49(8)44(54)34(13-2)47-43(53)39(46-7)30(3)4)37(57-10)29-38(51)50-21-17-20-36(50)41(58-11)32(6)42(52)48-35(28-33-18-15-14-16-19-33)45(55)61-27-26-60-25-24-59-23-22-56-9/h13-16,18-19,30-32,35-37,39-41,46H,12,17,20-29H2,1-11H3,(H,47,53)(H,48,52)/b34-13-/t31-,32+,35-,36-,37+,39-,40-,41+/m0/s1. The molecule has 16 heteroatoms. The van der Waals surface area contributed by atoms with Gasteiger partial charge in [-0.15, -0.1) is 0 Å². The van der Waals surface area contributed by atoms with E-state index in [9.17, 15) is 24.0 Å². The summed E-state index contributed by atoms with van der Waals surface area (Å²) in [5.74, 6) is -2.74. The largest absolute Gasteiger partial charge is 0.462 e. The minimum Gasteiger partial charge on any atom is -0.462 e. The highest BCUT2D eigenvalue weighted by molar-refractivity contribution is 5.98. The van der Waals surface area contributed by atoms with Gasteiger partial charge in [-0.2, -0.15) is 0 Å². The first kappa shape index (κ1) is 53.2. The van der Waals surface area contributed by atoms with Crippen LogP contribution in [0, 0.1) is 17.8 Å². The van der Waals surface area contributed by atoms with Crippen molar-refractivity contribution >= 4 is 29.6 Å². The number of likely N-dealkylation sites (N-methyl/N-ethyl adjacent to an activating group) is 2. The number of esters is 1. The predicted octanol–water partition coefficient (Wildman–Crippen LogP) is 3.12. The Bertz CT molecular complexity index is 1510. The summed E-state index contributed by atoms with van der Waals surface area (Å²) >= 11 is 0. The molecular formula is C45H75N5O11. The lowest BCUT2D eigenvalue weighted by atomic mass is 9.90. The molecule has 0 aliphatic carbocycles. The SMILES string of the molecule is C/C=C(\NC(=O)[C@@H](NC)C(C)C)C(=O)N(C)[C@@H]([C@@H](C)CC)[C@@H](CC(=O)N1CCC[C@H]1[C@H](OC)[C@@H](C)C(=O)N[C@@H](Cc1ccccc1)C(=O)OCCOCCOCCOC)OC. The van der Waals surface area contributed by atoms with Gasteiger partial charge in [0, 0.05) is 41.3 Å². The minimum absolute atomic E-state index is 0.000191. The molecule has 0 radical (unpaired) electrons. The van der Waals surface area contributed by atoms with E-state index in [0.717, 1.165) is 5.56 Å². The van der Waals surface area contributed by atoms with Crippen molar-refractivity contribution in [3.05, 3.63) is 47.7 Å². The summed E-state index contributed by atoms with van der Waals surface area (Å²) in [5.41, 5.74) is 0.982. The van der Waals surface area contributed by atoms with E-state index >= 15 is 0 Å². The number of nitrogens with zero attached hydrogens (tertiary/aromatic N) is 2. The van der Waals surface area contributed by atoms with E-state index in [2.05, 4.69) is 16.0 Å². The molecule has 1 heterocycles. The fraction of sp³-hybridized carbons (Fsp3) is 0.711. The number of benzene rings is 1. The fourth-order valence-corrected chi connectivity index (χ4v) is 7.82. The Labute approximate surface area is 364 Å². The summed E-state index contributed by atoms with van der Waals surface area (Å²) in [4.78, 5) is 72.0. The Kier molecular flexibility index (Phi) is 25.0. The Morgan fingerprint density at radius 1 is 0.902 bits per heavy atom. The number of carbonyl (C=O) groups excluding carboxylic acids is 5. The molecule has 8 atom stereocenters. The van der Waals surface area contributed by atoms with E-state index < -0.39 is 60.1 Å². The first-order valence-corrected chi connectivity index (χ1v) is 21.6. The van der Waals surface area contributed by atoms with Gasteiger partial charge in [-0.05, 0) is 44.2 Å². The molecule has 1 saturated heterocycles. The summed E-state index contributed by atoms with van der Waals surface area (Å²) in [5, 5.41) is 8.71. The van der Waals surface area contributed by atoms with E-state index in [1.54, 1.807) is 50.9 Å². The van der Waals surface area contributed by atoms with E-state index in [4.69, 9.17) is 28.4 Å². The maximum absolute atomic E-state index is 14.3. The fourth-order valence-electron chi connectivity index (χ4n) is 7.82. The number of carbonyl (C=O) groups is 5. The van der Waals surface area contributed by atoms with Crippen LogP contribution in [-0.4, -0.2) is 157 Å². The lowest BCUT2D eigenvalue weighted by Gasteiger charge is -2.39. The van der Waals surface area contributed by atoms with Crippen LogP contribution in [0.4, 0.5) is 0 Å². The van der Waals surface area contributed by atoms with Crippen molar-refractivity contribution in [1.82, 2.24) is 25.8 Å². The molecule has 0 unspecified atom stereocenters. The third-order valence-electron chi connectivity index (χ3n) is 11.4. The highest BCUT2D eigenvalue weighted by Crippen LogP contribution is 2.29. The summed E-state index contributed by atoms with van der Waals surface area (Å²) in [7, 11) is 8.01. The molecule has 0 bridgehead atoms. The molecule has 3 N–H and O–H groups in total. The zero-order valence-corrected chi connectivity index (χ0v) is 38.5. The normalized spacial score (nSPS) is 17.8. The molecular weight excluding hydrogens is 787 g/mol. The molecule has 2 rings (SSSR count). The van der Waals surface area contributed by atoms with Crippen LogP contribution in [0.3, 0.4) is 0 Å². The van der Waals surface area contributed by atoms with E-state index in [1.807, 2.05) is 58.0 Å². The second-order valence-corrected chi connectivity index (χ2v) is 15.9. The Hall–Kier alpha value is -3.93. The molecule has 0 saturated carbocycles. The number of likely N-dealkylation sites (tertiary alicyclic amines) is 1. The number of hydrogen-bond acceptors (Lipinski definition) is 12. The van der Waals surface area contributed by atoms with Gasteiger partial charge in [0.25, 0.3) is 5.91 Å². The van der Waals surface area contributed by atoms with Crippen molar-refractivity contribution in [2.24, 2.45) is 17.8 Å². The van der Waals surface area contributed by atoms with Crippen molar-refractivity contribution in [2.45, 2.75) is 110 Å². The Morgan fingerprint density at radius 3 is 2.10 bits per heavy atom. The predicted molar refractivity (Wildman–Crippen MR) is 232 cm³/mol. The van der Waals surface area contributed by atoms with Gasteiger partial charge in [-0.3, -0.25) is 19.2 Å². The summed E-state index contributed by atoms with van der Waals surface area (Å²) < 4.78 is 33.3. The van der Waals surface area contributed by atoms with Crippen molar-refractivity contribution in [3.8, 4) is 0 Å². The maximum Gasteiger partial charge on any atom is 0.329 e. The van der Waals surface area contributed by atoms with Gasteiger partial charge in [-0.1, -0.05) is 77.4 Å². The highest BCUT2D eigenvalue weighted by atomic mass is 16.6. The molecule has 16 nitrogen and oxygen atoms in total. The van der Waals surface area contributed by atoms with Gasteiger partial charge >= 0.3 is 5.97 Å². The van der Waals surface area contributed by atoms with E-state index in [1.165, 1.54) is 14.2 Å². The molecule has 1 aliphatic rings. The van der Waals surface area contributed by atoms with E-state index in [-0.39, 0.29) is 55.4 Å². The van der Waals surface area contributed by atoms with Crippen LogP contribution < -0.4 is 16.0 Å². The quantitative estimate of drug-likeness (QED) is 0.0609. The number of nitrogens with one attached hydrogen (secondary N) is 3. The minimum atomic E-state index is -0.982. The number of amides is 4. The zero-order chi connectivity index (χ0) is 45.5. The van der Waals surface area contributed by atoms with Crippen LogP contribution in [0.25, 0.3) is 0 Å². The third-order valence-corrected chi connectivity index (χ3v) is 11.4. The smallest absolute Gasteiger partial charge is 0.329 e. The summed E-state index contributed by atoms with van der Waals surface area (Å²) in [6.07, 6.45) is 2.39. The molecule has 61 heavy (non-hydrogen) atoms. The summed E-state index contributed by atoms with van der Waals surface area (Å²) in [6, 6.07) is 6.92. The number of ether oxygens (including phenoxy) is 6. The van der Waals surface area contributed by atoms with Crippen LogP contribution in [-0.2, 0) is 58.8 Å². The van der Waals surface area contributed by atoms with Crippen LogP contribution >= 0.6 is 0 Å². The lowest BCUT2D eigenvalue weighted by molar-refractivity contribution is -0.151. The first-order valence-electron chi connectivity index (χ1n) is 21.6. The van der Waals surface area contributed by atoms with Crippen molar-refractivity contribution in [3.63, 3.8) is 0 Å². The van der Waals surface area contributed by atoms with Crippen LogP contribution in [0.1, 0.15) is 72.8 Å². The Balaban J connectivity index is 2.20. The van der Waals surface area contributed by atoms with Crippen molar-refractivity contribution in [1.29, 1.82) is 0 Å². The van der Waals surface area contributed by atoms with Gasteiger partial charge in [-0.25, -0.2) is 4.79 Å². The van der Waals surface area contributed by atoms with Crippen LogP contribution in [0.5, 0.6) is 0 Å². The molecule has 1 fully saturated rings. The third kappa shape index (κ3) is 16.7. The molecule has 346 valence electrons. The average molecular weight is 862 g/mol. The molecule has 1 aromatic carbocycles. The van der Waals surface area contributed by atoms with Gasteiger partial charge in [0.05, 0.1) is 75.7 Å². The first-order chi connectivity index (χ1) is 29.2. The van der Waals surface area contributed by atoms with Gasteiger partial charge in [0.15, 0.2) is 0 Å². The van der Waals surface area contributed by atoms with Crippen molar-refractivity contribution in [2.75, 3.05) is 81.6 Å². The average Bonchev–Trinajstić information content (AvgIpc) is 3.74. The van der Waals surface area contributed by atoms with Gasteiger partial charge < -0.3 is 54.2 Å². The topological polar surface area (TPSA) is 183 Å². The molecule has 0 spiro atoms. The van der Waals surface area contributed by atoms with Gasteiger partial charge in [0.1, 0.15) is 18.3 Å². The highest BCUT2D eigenvalue weighted by Gasteiger charge is 2.43. The molecule has 1 aliphatic heterocycles. The van der Waals surface area contributed by atoms with Crippen LogP contribution in [0.15, 0.2) is 42.1 Å². The molecule has 1 aromatic rings. The zero-order valence-electron chi connectivity index (χ0n) is 38.5. The van der Waals surface area contributed by atoms with Crippen molar-refractivity contribution < 1.29 is 52.4 Å². The van der Waals surface area contributed by atoms with Gasteiger partial charge in [0.2, 0.25) is 17.7 Å². The number of allylic oxidation sites excluding steroid dienone is 1. The molecule has 4 amide bonds. The summed E-state index contributed by atoms with van der Waals surface area (Å²) in [6.45, 7) is 13.6. The number of methoxy groups -OCH3 is 3. The van der Waals surface area contributed by atoms with E-state index in [0.29, 0.717) is 52.2 Å². The Morgan fingerprint density at radius 2 is 1.54 bits per heavy atom. The maximum atomic E-state index is 14.3.